The van der Waals surface area contributed by atoms with Crippen LogP contribution in [0.3, 0.4) is 0 Å². The Labute approximate surface area is 90.5 Å². The Hall–Kier alpha value is -1.05. The van der Waals surface area contributed by atoms with E-state index in [0.717, 1.165) is 0 Å². The predicted molar refractivity (Wildman–Crippen MR) is 51.1 cm³/mol. The largest absolute Gasteiger partial charge is 0.409 e. The second kappa shape index (κ2) is 6.51. The van der Waals surface area contributed by atoms with Gasteiger partial charge in [0.25, 0.3) is 0 Å². The summed E-state index contributed by atoms with van der Waals surface area (Å²) in [5.41, 5.74) is 5.17. The number of nitrogens with one attached hydrogen (secondary N) is 1. The van der Waals surface area contributed by atoms with Crippen LogP contribution in [0.5, 0.6) is 0 Å². The summed E-state index contributed by atoms with van der Waals surface area (Å²) >= 11 is 0. The molecule has 0 saturated carbocycles. The van der Waals surface area contributed by atoms with Gasteiger partial charge in [-0.05, 0) is 6.42 Å². The zero-order valence-corrected chi connectivity index (χ0v) is 8.76. The van der Waals surface area contributed by atoms with E-state index >= 15 is 0 Å². The van der Waals surface area contributed by atoms with Crippen LogP contribution in [0.1, 0.15) is 19.8 Å². The van der Waals surface area contributed by atoms with Gasteiger partial charge in [-0.15, -0.1) is 0 Å². The zero-order valence-electron chi connectivity index (χ0n) is 8.76. The molecule has 16 heavy (non-hydrogen) atoms. The molecule has 0 aliphatic rings. The maximum absolute atomic E-state index is 12.5. The molecule has 0 aliphatic carbocycles. The SMILES string of the molecule is CCC(CC(N)=NO)NCC(F)(F)C(F)F. The molecule has 0 bridgehead atoms. The van der Waals surface area contributed by atoms with Gasteiger partial charge in [-0.3, -0.25) is 0 Å². The molecule has 0 radical (unpaired) electrons. The lowest BCUT2D eigenvalue weighted by Gasteiger charge is -2.21. The minimum absolute atomic E-state index is 0.0202. The fourth-order valence-corrected chi connectivity index (χ4v) is 1.01. The average Bonchev–Trinajstić information content (AvgIpc) is 2.23. The Morgan fingerprint density at radius 3 is 2.44 bits per heavy atom. The Morgan fingerprint density at radius 2 is 2.06 bits per heavy atom. The van der Waals surface area contributed by atoms with Crippen molar-refractivity contribution >= 4 is 5.84 Å². The van der Waals surface area contributed by atoms with Crippen molar-refractivity contribution in [1.29, 1.82) is 0 Å². The number of rotatable bonds is 7. The monoisotopic (exact) mass is 245 g/mol. The Morgan fingerprint density at radius 1 is 1.50 bits per heavy atom. The second-order valence-corrected chi connectivity index (χ2v) is 3.34. The van der Waals surface area contributed by atoms with Gasteiger partial charge in [0.05, 0.1) is 6.54 Å². The Balaban J connectivity index is 4.15. The molecule has 96 valence electrons. The highest BCUT2D eigenvalue weighted by atomic mass is 19.3. The van der Waals surface area contributed by atoms with Crippen molar-refractivity contribution in [2.75, 3.05) is 6.54 Å². The quantitative estimate of drug-likeness (QED) is 0.209. The molecule has 8 heteroatoms. The molecule has 0 aromatic rings. The molecule has 1 atom stereocenters. The normalized spacial score (nSPS) is 15.5. The summed E-state index contributed by atoms with van der Waals surface area (Å²) in [6.07, 6.45) is -3.29. The van der Waals surface area contributed by atoms with Crippen molar-refractivity contribution in [3.63, 3.8) is 0 Å². The lowest BCUT2D eigenvalue weighted by atomic mass is 10.1. The summed E-state index contributed by atoms with van der Waals surface area (Å²) in [7, 11) is 0. The minimum Gasteiger partial charge on any atom is -0.409 e. The lowest BCUT2D eigenvalue weighted by molar-refractivity contribution is -0.126. The van der Waals surface area contributed by atoms with Crippen molar-refractivity contribution < 1.29 is 22.8 Å². The van der Waals surface area contributed by atoms with Gasteiger partial charge in [0, 0.05) is 12.5 Å². The molecule has 0 heterocycles. The third-order valence-corrected chi connectivity index (χ3v) is 2.02. The van der Waals surface area contributed by atoms with Crippen LogP contribution in [0.15, 0.2) is 5.16 Å². The average molecular weight is 245 g/mol. The predicted octanol–water partition coefficient (Wildman–Crippen LogP) is 1.39. The van der Waals surface area contributed by atoms with E-state index in [0.29, 0.717) is 6.42 Å². The zero-order chi connectivity index (χ0) is 12.8. The molecule has 0 spiro atoms. The molecule has 0 aromatic heterocycles. The van der Waals surface area contributed by atoms with Crippen molar-refractivity contribution in [3.05, 3.63) is 0 Å². The van der Waals surface area contributed by atoms with Gasteiger partial charge in [0.2, 0.25) is 0 Å². The molecular weight excluding hydrogens is 230 g/mol. The molecule has 0 rings (SSSR count). The highest BCUT2D eigenvalue weighted by Gasteiger charge is 2.40. The fourth-order valence-electron chi connectivity index (χ4n) is 1.01. The molecule has 0 aromatic carbocycles. The number of nitrogens with zero attached hydrogens (tertiary/aromatic N) is 1. The van der Waals surface area contributed by atoms with Gasteiger partial charge >= 0.3 is 12.3 Å². The third-order valence-electron chi connectivity index (χ3n) is 2.02. The van der Waals surface area contributed by atoms with E-state index in [4.69, 9.17) is 10.9 Å². The van der Waals surface area contributed by atoms with Gasteiger partial charge in [-0.2, -0.15) is 8.78 Å². The second-order valence-electron chi connectivity index (χ2n) is 3.34. The molecule has 4 N–H and O–H groups in total. The van der Waals surface area contributed by atoms with Gasteiger partial charge in [0.1, 0.15) is 5.84 Å². The Kier molecular flexibility index (Phi) is 6.09. The van der Waals surface area contributed by atoms with E-state index in [9.17, 15) is 17.6 Å². The van der Waals surface area contributed by atoms with Crippen molar-refractivity contribution in [2.45, 2.75) is 38.2 Å². The summed E-state index contributed by atoms with van der Waals surface area (Å²) in [6.45, 7) is 0.532. The first-order chi connectivity index (χ1) is 7.33. The summed E-state index contributed by atoms with van der Waals surface area (Å²) < 4.78 is 48.7. The van der Waals surface area contributed by atoms with Crippen LogP contribution in [0.2, 0.25) is 0 Å². The molecule has 0 fully saturated rings. The Bertz CT molecular complexity index is 235. The van der Waals surface area contributed by atoms with Gasteiger partial charge in [-0.25, -0.2) is 8.78 Å². The van der Waals surface area contributed by atoms with Gasteiger partial charge < -0.3 is 16.3 Å². The summed E-state index contributed by atoms with van der Waals surface area (Å²) in [4.78, 5) is 0. The van der Waals surface area contributed by atoms with Crippen LogP contribution >= 0.6 is 0 Å². The van der Waals surface area contributed by atoms with Gasteiger partial charge in [-0.1, -0.05) is 12.1 Å². The van der Waals surface area contributed by atoms with Crippen molar-refractivity contribution in [2.24, 2.45) is 10.9 Å². The molecule has 4 nitrogen and oxygen atoms in total. The highest BCUT2D eigenvalue weighted by molar-refractivity contribution is 5.80. The number of amidine groups is 1. The summed E-state index contributed by atoms with van der Waals surface area (Å²) in [5, 5.41) is 13.2. The van der Waals surface area contributed by atoms with E-state index in [1.807, 2.05) is 0 Å². The topological polar surface area (TPSA) is 70.6 Å². The third kappa shape index (κ3) is 5.15. The summed E-state index contributed by atoms with van der Waals surface area (Å²) in [5.74, 6) is -4.21. The van der Waals surface area contributed by atoms with Crippen molar-refractivity contribution in [3.8, 4) is 0 Å². The van der Waals surface area contributed by atoms with Crippen molar-refractivity contribution in [1.82, 2.24) is 5.32 Å². The van der Waals surface area contributed by atoms with Crippen LogP contribution in [-0.2, 0) is 0 Å². The smallest absolute Gasteiger partial charge is 0.319 e. The lowest BCUT2D eigenvalue weighted by Crippen LogP contribution is -2.44. The standard InChI is InChI=1S/C8H15F4N3O/c1-2-5(3-6(13)15-16)14-4-8(11,12)7(9)10/h5,7,14,16H,2-4H2,1H3,(H2,13,15). The number of nitrogens with two attached hydrogens (primary N) is 1. The van der Waals surface area contributed by atoms with Gasteiger partial charge in [0.15, 0.2) is 0 Å². The number of hydrogen-bond donors (Lipinski definition) is 3. The minimum atomic E-state index is -4.07. The first-order valence-corrected chi connectivity index (χ1v) is 4.69. The van der Waals surface area contributed by atoms with E-state index < -0.39 is 24.9 Å². The number of hydrogen-bond acceptors (Lipinski definition) is 3. The number of oxime groups is 1. The first kappa shape index (κ1) is 14.9. The maximum atomic E-state index is 12.5. The molecule has 1 unspecified atom stereocenters. The van der Waals surface area contributed by atoms with E-state index in [1.165, 1.54) is 0 Å². The molecule has 0 amide bonds. The van der Waals surface area contributed by atoms with Crippen LogP contribution in [-0.4, -0.2) is 36.0 Å². The molecular formula is C8H15F4N3O. The van der Waals surface area contributed by atoms with Crippen LogP contribution in [0, 0.1) is 0 Å². The first-order valence-electron chi connectivity index (χ1n) is 4.69. The van der Waals surface area contributed by atoms with E-state index in [1.54, 1.807) is 6.92 Å². The van der Waals surface area contributed by atoms with Crippen LogP contribution in [0.4, 0.5) is 17.6 Å². The fraction of sp³-hybridized carbons (Fsp3) is 0.875. The van der Waals surface area contributed by atoms with Crippen LogP contribution in [0.25, 0.3) is 0 Å². The number of halogens is 4. The summed E-state index contributed by atoms with van der Waals surface area (Å²) in [6, 6.07) is -0.527. The number of alkyl halides is 4. The van der Waals surface area contributed by atoms with E-state index in [-0.39, 0.29) is 12.3 Å². The molecule has 0 saturated heterocycles. The highest BCUT2D eigenvalue weighted by Crippen LogP contribution is 2.21. The van der Waals surface area contributed by atoms with Crippen LogP contribution < -0.4 is 11.1 Å². The van der Waals surface area contributed by atoms with E-state index in [2.05, 4.69) is 10.5 Å². The maximum Gasteiger partial charge on any atom is 0.319 e. The molecule has 0 aliphatic heterocycles.